The second-order valence-corrected chi connectivity index (χ2v) is 4.57. The predicted molar refractivity (Wildman–Crippen MR) is 79.0 cm³/mol. The molecule has 0 aromatic heterocycles. The van der Waals surface area contributed by atoms with Gasteiger partial charge in [-0.15, -0.1) is 0 Å². The molecule has 0 heterocycles. The van der Waals surface area contributed by atoms with Crippen LogP contribution >= 0.6 is 0 Å². The summed E-state index contributed by atoms with van der Waals surface area (Å²) in [6, 6.07) is 8.64. The van der Waals surface area contributed by atoms with Gasteiger partial charge >= 0.3 is 0 Å². The van der Waals surface area contributed by atoms with Crippen LogP contribution in [0.25, 0.3) is 6.08 Å². The lowest BCUT2D eigenvalue weighted by Crippen LogP contribution is -2.27. The van der Waals surface area contributed by atoms with Gasteiger partial charge in [-0.3, -0.25) is 0 Å². The first-order valence-electron chi connectivity index (χ1n) is 6.81. The molecule has 1 atom stereocenters. The molecule has 1 unspecified atom stereocenters. The van der Waals surface area contributed by atoms with E-state index in [9.17, 15) is 0 Å². The molecule has 2 nitrogen and oxygen atoms in total. The van der Waals surface area contributed by atoms with Crippen molar-refractivity contribution in [1.29, 1.82) is 0 Å². The van der Waals surface area contributed by atoms with E-state index in [1.54, 1.807) is 0 Å². The zero-order valence-corrected chi connectivity index (χ0v) is 12.0. The molecule has 1 rings (SSSR count). The molecule has 100 valence electrons. The van der Waals surface area contributed by atoms with Crippen molar-refractivity contribution in [1.82, 2.24) is 5.32 Å². The van der Waals surface area contributed by atoms with E-state index in [0.29, 0.717) is 12.6 Å². The Morgan fingerprint density at radius 3 is 2.83 bits per heavy atom. The van der Waals surface area contributed by atoms with Crippen LogP contribution in [-0.4, -0.2) is 19.2 Å². The number of nitrogens with one attached hydrogen (secondary N) is 1. The fourth-order valence-corrected chi connectivity index (χ4v) is 1.77. The van der Waals surface area contributed by atoms with E-state index in [4.69, 9.17) is 4.74 Å². The Kier molecular flexibility index (Phi) is 6.51. The molecule has 18 heavy (non-hydrogen) atoms. The zero-order chi connectivity index (χ0) is 13.4. The average molecular weight is 247 g/mol. The van der Waals surface area contributed by atoms with Gasteiger partial charge in [0.25, 0.3) is 0 Å². The van der Waals surface area contributed by atoms with Gasteiger partial charge in [0.2, 0.25) is 0 Å². The number of benzene rings is 1. The minimum absolute atomic E-state index is 0.417. The summed E-state index contributed by atoms with van der Waals surface area (Å²) in [5.41, 5.74) is 2.54. The lowest BCUT2D eigenvalue weighted by Gasteiger charge is -2.14. The quantitative estimate of drug-likeness (QED) is 0.789. The Balaban J connectivity index is 2.71. The summed E-state index contributed by atoms with van der Waals surface area (Å²) in [6.07, 6.45) is 3.38. The van der Waals surface area contributed by atoms with Crippen LogP contribution in [0.15, 0.2) is 29.8 Å². The molecule has 0 spiro atoms. The maximum atomic E-state index is 5.51. The van der Waals surface area contributed by atoms with E-state index < -0.39 is 0 Å². The molecule has 1 N–H and O–H groups in total. The summed E-state index contributed by atoms with van der Waals surface area (Å²) < 4.78 is 5.51. The Morgan fingerprint density at radius 1 is 1.39 bits per heavy atom. The molecular weight excluding hydrogens is 222 g/mol. The van der Waals surface area contributed by atoms with Gasteiger partial charge in [0.05, 0.1) is 6.61 Å². The molecule has 1 aromatic carbocycles. The smallest absolute Gasteiger partial charge is 0.119 e. The van der Waals surface area contributed by atoms with Crippen LogP contribution in [0.3, 0.4) is 0 Å². The second kappa shape index (κ2) is 7.93. The molecule has 0 aliphatic heterocycles. The van der Waals surface area contributed by atoms with Crippen molar-refractivity contribution in [2.24, 2.45) is 0 Å². The molecule has 1 aromatic rings. The van der Waals surface area contributed by atoms with Crippen molar-refractivity contribution in [3.05, 3.63) is 35.4 Å². The van der Waals surface area contributed by atoms with E-state index in [0.717, 1.165) is 18.7 Å². The maximum absolute atomic E-state index is 5.51. The molecule has 0 bridgehead atoms. The lowest BCUT2D eigenvalue weighted by atomic mass is 10.1. The zero-order valence-electron chi connectivity index (χ0n) is 12.0. The summed E-state index contributed by atoms with van der Waals surface area (Å²) in [7, 11) is 0. The normalized spacial score (nSPS) is 13.4. The highest BCUT2D eigenvalue weighted by Crippen LogP contribution is 2.16. The Hall–Kier alpha value is -1.28. The molecule has 0 saturated carbocycles. The first kappa shape index (κ1) is 14.8. The number of hydrogen-bond donors (Lipinski definition) is 1. The minimum atomic E-state index is 0.417. The Morgan fingerprint density at radius 2 is 2.17 bits per heavy atom. The maximum Gasteiger partial charge on any atom is 0.119 e. The third-order valence-corrected chi connectivity index (χ3v) is 2.95. The van der Waals surface area contributed by atoms with Gasteiger partial charge < -0.3 is 10.1 Å². The predicted octanol–water partition coefficient (Wildman–Crippen LogP) is 3.88. The molecule has 0 aliphatic rings. The van der Waals surface area contributed by atoms with Gasteiger partial charge in [0.1, 0.15) is 5.75 Å². The highest BCUT2D eigenvalue weighted by molar-refractivity contribution is 5.55. The van der Waals surface area contributed by atoms with Crippen molar-refractivity contribution < 1.29 is 4.74 Å². The van der Waals surface area contributed by atoms with Gasteiger partial charge in [0.15, 0.2) is 0 Å². The summed E-state index contributed by atoms with van der Waals surface area (Å²) in [5, 5.41) is 3.49. The van der Waals surface area contributed by atoms with Crippen molar-refractivity contribution in [2.75, 3.05) is 13.2 Å². The highest BCUT2D eigenvalue weighted by Gasteiger charge is 2.02. The van der Waals surface area contributed by atoms with E-state index in [1.807, 2.05) is 19.1 Å². The first-order valence-corrected chi connectivity index (χ1v) is 6.81. The van der Waals surface area contributed by atoms with Crippen LogP contribution in [0, 0.1) is 0 Å². The van der Waals surface area contributed by atoms with Crippen molar-refractivity contribution in [2.45, 2.75) is 40.2 Å². The second-order valence-electron chi connectivity index (χ2n) is 4.57. The standard InChI is InChI=1S/C16H25NO/c1-5-10-17-14(4)13(3)11-15-8-7-9-16(12-15)18-6-2/h7-9,11-12,14,17H,5-6,10H2,1-4H3/b13-11+. The van der Waals surface area contributed by atoms with Gasteiger partial charge in [0, 0.05) is 6.04 Å². The van der Waals surface area contributed by atoms with E-state index >= 15 is 0 Å². The highest BCUT2D eigenvalue weighted by atomic mass is 16.5. The molecule has 0 saturated heterocycles. The third-order valence-electron chi connectivity index (χ3n) is 2.95. The van der Waals surface area contributed by atoms with Crippen molar-refractivity contribution in [3.8, 4) is 5.75 Å². The van der Waals surface area contributed by atoms with E-state index in [2.05, 4.69) is 44.3 Å². The fraction of sp³-hybridized carbons (Fsp3) is 0.500. The molecular formula is C16H25NO. The topological polar surface area (TPSA) is 21.3 Å². The summed E-state index contributed by atoms with van der Waals surface area (Å²) in [6.45, 7) is 10.3. The van der Waals surface area contributed by atoms with Crippen molar-refractivity contribution in [3.63, 3.8) is 0 Å². The van der Waals surface area contributed by atoms with Crippen molar-refractivity contribution >= 4 is 6.08 Å². The molecule has 0 aliphatic carbocycles. The molecule has 0 amide bonds. The number of hydrogen-bond acceptors (Lipinski definition) is 2. The SMILES string of the molecule is CCCNC(C)/C(C)=C/c1cccc(OCC)c1. The Bertz CT molecular complexity index is 384. The Labute approximate surface area is 111 Å². The van der Waals surface area contributed by atoms with E-state index in [-0.39, 0.29) is 0 Å². The van der Waals surface area contributed by atoms with Crippen LogP contribution in [0.2, 0.25) is 0 Å². The lowest BCUT2D eigenvalue weighted by molar-refractivity contribution is 0.340. The number of rotatable bonds is 7. The number of ether oxygens (including phenoxy) is 1. The molecule has 0 radical (unpaired) electrons. The van der Waals surface area contributed by atoms with Gasteiger partial charge in [-0.2, -0.15) is 0 Å². The van der Waals surface area contributed by atoms with Crippen LogP contribution in [0.4, 0.5) is 0 Å². The van der Waals surface area contributed by atoms with Crippen LogP contribution in [-0.2, 0) is 0 Å². The van der Waals surface area contributed by atoms with Gasteiger partial charge in [-0.25, -0.2) is 0 Å². The molecule has 2 heteroatoms. The van der Waals surface area contributed by atoms with Crippen LogP contribution < -0.4 is 10.1 Å². The fourth-order valence-electron chi connectivity index (χ4n) is 1.77. The largest absolute Gasteiger partial charge is 0.494 e. The summed E-state index contributed by atoms with van der Waals surface area (Å²) in [4.78, 5) is 0. The van der Waals surface area contributed by atoms with E-state index in [1.165, 1.54) is 11.1 Å². The molecule has 0 fully saturated rings. The first-order chi connectivity index (χ1) is 8.67. The van der Waals surface area contributed by atoms with Gasteiger partial charge in [-0.1, -0.05) is 30.7 Å². The van der Waals surface area contributed by atoms with Crippen LogP contribution in [0.1, 0.15) is 39.7 Å². The third kappa shape index (κ3) is 4.92. The van der Waals surface area contributed by atoms with Gasteiger partial charge in [-0.05, 0) is 51.4 Å². The summed E-state index contributed by atoms with van der Waals surface area (Å²) >= 11 is 0. The summed E-state index contributed by atoms with van der Waals surface area (Å²) in [5.74, 6) is 0.938. The minimum Gasteiger partial charge on any atom is -0.494 e. The average Bonchev–Trinajstić information content (AvgIpc) is 2.36. The van der Waals surface area contributed by atoms with Crippen LogP contribution in [0.5, 0.6) is 5.75 Å². The monoisotopic (exact) mass is 247 g/mol.